The smallest absolute Gasteiger partial charge is 0.318 e. The van der Waals surface area contributed by atoms with E-state index >= 15 is 0 Å². The van der Waals surface area contributed by atoms with E-state index in [1.165, 1.54) is 5.56 Å². The molecule has 0 spiro atoms. The molecule has 3 N–H and O–H groups in total. The molecular formula is C22H27N3O2. The fourth-order valence-corrected chi connectivity index (χ4v) is 3.37. The normalized spacial score (nSPS) is 15.0. The largest absolute Gasteiger partial charge is 0.351 e. The summed E-state index contributed by atoms with van der Waals surface area (Å²) in [6.07, 6.45) is 2.11. The van der Waals surface area contributed by atoms with Gasteiger partial charge in [0.2, 0.25) is 5.91 Å². The lowest BCUT2D eigenvalue weighted by Crippen LogP contribution is -2.45. The monoisotopic (exact) mass is 365 g/mol. The Labute approximate surface area is 160 Å². The maximum atomic E-state index is 12.8. The molecule has 0 saturated heterocycles. The number of hydrogen-bond acceptors (Lipinski definition) is 3. The summed E-state index contributed by atoms with van der Waals surface area (Å²) >= 11 is 0. The Bertz CT molecular complexity index is 783. The summed E-state index contributed by atoms with van der Waals surface area (Å²) in [5.41, 5.74) is 8.52. The van der Waals surface area contributed by atoms with Gasteiger partial charge in [0.25, 0.3) is 0 Å². The Morgan fingerprint density at radius 2 is 1.67 bits per heavy atom. The summed E-state index contributed by atoms with van der Waals surface area (Å²) < 4.78 is 0. The van der Waals surface area contributed by atoms with Gasteiger partial charge >= 0.3 is 6.03 Å². The van der Waals surface area contributed by atoms with Gasteiger partial charge in [0.15, 0.2) is 0 Å². The van der Waals surface area contributed by atoms with E-state index in [-0.39, 0.29) is 5.91 Å². The molecule has 1 atom stereocenters. The van der Waals surface area contributed by atoms with Crippen molar-refractivity contribution < 1.29 is 9.59 Å². The Morgan fingerprint density at radius 1 is 1.04 bits per heavy atom. The zero-order chi connectivity index (χ0) is 19.4. The first-order chi connectivity index (χ1) is 13.0. The molecule has 0 aliphatic heterocycles. The average molecular weight is 365 g/mol. The highest BCUT2D eigenvalue weighted by Gasteiger charge is 2.38. The molecule has 2 aromatic carbocycles. The fourth-order valence-electron chi connectivity index (χ4n) is 3.37. The van der Waals surface area contributed by atoms with Crippen molar-refractivity contribution in [3.05, 3.63) is 71.3 Å². The topological polar surface area (TPSA) is 75.4 Å². The molecule has 0 radical (unpaired) electrons. The molecule has 1 fully saturated rings. The lowest BCUT2D eigenvalue weighted by atomic mass is 10.00. The molecule has 1 saturated carbocycles. The molecular weight excluding hydrogens is 338 g/mol. The molecule has 142 valence electrons. The number of nitrogens with two attached hydrogens (primary N) is 1. The summed E-state index contributed by atoms with van der Waals surface area (Å²) in [6, 6.07) is 17.1. The van der Waals surface area contributed by atoms with Gasteiger partial charge in [-0.05, 0) is 35.4 Å². The number of rotatable bonds is 7. The Morgan fingerprint density at radius 3 is 2.19 bits per heavy atom. The maximum absolute atomic E-state index is 12.8. The summed E-state index contributed by atoms with van der Waals surface area (Å²) in [6.45, 7) is 4.99. The van der Waals surface area contributed by atoms with Gasteiger partial charge in [0.1, 0.15) is 6.04 Å². The molecule has 1 aliphatic carbocycles. The van der Waals surface area contributed by atoms with Crippen LogP contribution in [0.25, 0.3) is 0 Å². The van der Waals surface area contributed by atoms with Crippen molar-refractivity contribution in [3.8, 4) is 0 Å². The van der Waals surface area contributed by atoms with Gasteiger partial charge in [-0.2, -0.15) is 0 Å². The Balaban J connectivity index is 1.88. The number of imide groups is 1. The van der Waals surface area contributed by atoms with Crippen molar-refractivity contribution in [1.82, 2.24) is 10.2 Å². The Kier molecular flexibility index (Phi) is 5.91. The number of nitrogens with one attached hydrogen (secondary N) is 1. The molecule has 0 unspecified atom stereocenters. The van der Waals surface area contributed by atoms with Crippen LogP contribution in [-0.4, -0.2) is 22.9 Å². The molecule has 5 nitrogen and oxygen atoms in total. The van der Waals surface area contributed by atoms with Crippen LogP contribution >= 0.6 is 0 Å². The molecule has 27 heavy (non-hydrogen) atoms. The maximum Gasteiger partial charge on any atom is 0.318 e. The number of carbonyl (C=O) groups excluding carboxylic acids is 2. The van der Waals surface area contributed by atoms with E-state index in [4.69, 9.17) is 5.73 Å². The standard InChI is InChI=1S/C22H27N3O2/c1-15(2)17-10-8-16(9-11-17)14-25(19-12-13-19)20(21(26)24-22(23)27)18-6-4-3-5-7-18/h3-11,15,19-20H,12-14H2,1-2H3,(H3,23,24,26,27)/t20-/m1/s1. The lowest BCUT2D eigenvalue weighted by molar-refractivity contribution is -0.126. The van der Waals surface area contributed by atoms with Gasteiger partial charge in [-0.15, -0.1) is 0 Å². The zero-order valence-electron chi connectivity index (χ0n) is 15.9. The summed E-state index contributed by atoms with van der Waals surface area (Å²) in [5.74, 6) is 0.108. The van der Waals surface area contributed by atoms with Crippen molar-refractivity contribution in [1.29, 1.82) is 0 Å². The highest BCUT2D eigenvalue weighted by Crippen LogP contribution is 2.36. The predicted octanol–water partition coefficient (Wildman–Crippen LogP) is 3.71. The van der Waals surface area contributed by atoms with Gasteiger partial charge < -0.3 is 5.73 Å². The van der Waals surface area contributed by atoms with Crippen LogP contribution in [0.3, 0.4) is 0 Å². The molecule has 1 aliphatic rings. The van der Waals surface area contributed by atoms with E-state index in [2.05, 4.69) is 48.3 Å². The first kappa shape index (κ1) is 19.1. The minimum absolute atomic E-state index is 0.332. The fraction of sp³-hybridized carbons (Fsp3) is 0.364. The Hall–Kier alpha value is -2.66. The molecule has 0 bridgehead atoms. The number of carbonyl (C=O) groups is 2. The van der Waals surface area contributed by atoms with Crippen molar-refractivity contribution in [3.63, 3.8) is 0 Å². The van der Waals surface area contributed by atoms with Crippen LogP contribution in [0.5, 0.6) is 0 Å². The third-order valence-corrected chi connectivity index (χ3v) is 4.97. The van der Waals surface area contributed by atoms with E-state index in [1.807, 2.05) is 30.3 Å². The van der Waals surface area contributed by atoms with Gasteiger partial charge in [-0.1, -0.05) is 68.4 Å². The molecule has 3 amide bonds. The second-order valence-electron chi connectivity index (χ2n) is 7.47. The van der Waals surface area contributed by atoms with Crippen molar-refractivity contribution in [2.75, 3.05) is 0 Å². The first-order valence-corrected chi connectivity index (χ1v) is 9.45. The van der Waals surface area contributed by atoms with Gasteiger partial charge in [-0.3, -0.25) is 15.0 Å². The second-order valence-corrected chi connectivity index (χ2v) is 7.47. The second kappa shape index (κ2) is 8.35. The number of primary amides is 1. The van der Waals surface area contributed by atoms with Crippen LogP contribution in [0.4, 0.5) is 4.79 Å². The van der Waals surface area contributed by atoms with E-state index in [1.54, 1.807) is 0 Å². The van der Waals surface area contributed by atoms with Crippen molar-refractivity contribution in [2.45, 2.75) is 51.2 Å². The van der Waals surface area contributed by atoms with Crippen molar-refractivity contribution >= 4 is 11.9 Å². The summed E-state index contributed by atoms with van der Waals surface area (Å²) in [7, 11) is 0. The molecule has 0 aromatic heterocycles. The van der Waals surface area contributed by atoms with Crippen LogP contribution in [0, 0.1) is 0 Å². The number of amides is 3. The highest BCUT2D eigenvalue weighted by molar-refractivity contribution is 5.96. The third kappa shape index (κ3) is 4.95. The minimum Gasteiger partial charge on any atom is -0.351 e. The average Bonchev–Trinajstić information content (AvgIpc) is 3.47. The van der Waals surface area contributed by atoms with Gasteiger partial charge in [-0.25, -0.2) is 4.79 Å². The van der Waals surface area contributed by atoms with E-state index < -0.39 is 12.1 Å². The van der Waals surface area contributed by atoms with Crippen LogP contribution in [0.2, 0.25) is 0 Å². The third-order valence-electron chi connectivity index (χ3n) is 4.97. The van der Waals surface area contributed by atoms with E-state index in [9.17, 15) is 9.59 Å². The molecule has 2 aromatic rings. The number of nitrogens with zero attached hydrogens (tertiary/aromatic N) is 1. The number of benzene rings is 2. The highest BCUT2D eigenvalue weighted by atomic mass is 16.2. The van der Waals surface area contributed by atoms with E-state index in [0.717, 1.165) is 24.0 Å². The summed E-state index contributed by atoms with van der Waals surface area (Å²) in [5, 5.41) is 2.27. The molecule has 5 heteroatoms. The lowest BCUT2D eigenvalue weighted by Gasteiger charge is -2.31. The minimum atomic E-state index is -0.821. The SMILES string of the molecule is CC(C)c1ccc(CN(C2CC2)[C@@H](C(=O)NC(N)=O)c2ccccc2)cc1. The van der Waals surface area contributed by atoms with Crippen molar-refractivity contribution in [2.24, 2.45) is 5.73 Å². The van der Waals surface area contributed by atoms with E-state index in [0.29, 0.717) is 18.5 Å². The van der Waals surface area contributed by atoms with Gasteiger partial charge in [0.05, 0.1) is 0 Å². The van der Waals surface area contributed by atoms with Gasteiger partial charge in [0, 0.05) is 12.6 Å². The molecule has 0 heterocycles. The van der Waals surface area contributed by atoms with Crippen LogP contribution < -0.4 is 11.1 Å². The number of urea groups is 1. The number of hydrogen-bond donors (Lipinski definition) is 2. The predicted molar refractivity (Wildman–Crippen MR) is 106 cm³/mol. The van der Waals surface area contributed by atoms with Crippen LogP contribution in [0.1, 0.15) is 55.3 Å². The van der Waals surface area contributed by atoms with Crippen LogP contribution in [-0.2, 0) is 11.3 Å². The summed E-state index contributed by atoms with van der Waals surface area (Å²) in [4.78, 5) is 26.3. The van der Waals surface area contributed by atoms with Crippen LogP contribution in [0.15, 0.2) is 54.6 Å². The quantitative estimate of drug-likeness (QED) is 0.785. The first-order valence-electron chi connectivity index (χ1n) is 9.45. The zero-order valence-corrected chi connectivity index (χ0v) is 15.9. The molecule has 3 rings (SSSR count).